The Morgan fingerprint density at radius 1 is 0.962 bits per heavy atom. The van der Waals surface area contributed by atoms with Crippen molar-refractivity contribution >= 4 is 77.3 Å². The standard InChI is InChI=1S/C18H19N3O.4ClH/c1-21(2)11-10-19-18(22)15-8-5-7-14-12-13-6-3-4-9-16(13)20-17(14)15;;;;/h3-9,12H,10-11H2,1-2H3,(H,19,22);4*1H. The third-order valence-corrected chi connectivity index (χ3v) is 3.64. The summed E-state index contributed by atoms with van der Waals surface area (Å²) in [6.07, 6.45) is 0. The van der Waals surface area contributed by atoms with E-state index in [9.17, 15) is 4.79 Å². The molecular weight excluding hydrogens is 416 g/mol. The van der Waals surface area contributed by atoms with Gasteiger partial charge in [-0.25, -0.2) is 4.98 Å². The molecule has 0 atom stereocenters. The second-order valence-corrected chi connectivity index (χ2v) is 5.62. The number of pyridine rings is 1. The number of benzene rings is 2. The first-order valence-electron chi connectivity index (χ1n) is 7.36. The summed E-state index contributed by atoms with van der Waals surface area (Å²) in [5, 5.41) is 5.02. The van der Waals surface area contributed by atoms with E-state index in [-0.39, 0.29) is 55.5 Å². The normalized spacial score (nSPS) is 9.50. The second-order valence-electron chi connectivity index (χ2n) is 5.62. The van der Waals surface area contributed by atoms with Gasteiger partial charge in [0.1, 0.15) is 0 Å². The predicted molar refractivity (Wildman–Crippen MR) is 119 cm³/mol. The number of fused-ring (bicyclic) bond motifs is 2. The SMILES string of the molecule is CN(C)CCNC(=O)c1cccc2cc3ccccc3nc12.Cl.Cl.Cl.Cl. The summed E-state index contributed by atoms with van der Waals surface area (Å²) in [5.41, 5.74) is 2.29. The number of para-hydroxylation sites is 2. The van der Waals surface area contributed by atoms with Gasteiger partial charge in [-0.2, -0.15) is 0 Å². The van der Waals surface area contributed by atoms with Crippen molar-refractivity contribution in [3.05, 3.63) is 54.1 Å². The van der Waals surface area contributed by atoms with Gasteiger partial charge in [0.05, 0.1) is 16.6 Å². The maximum Gasteiger partial charge on any atom is 0.253 e. The lowest BCUT2D eigenvalue weighted by atomic mass is 10.1. The Hall–Kier alpha value is -1.30. The molecule has 0 saturated heterocycles. The Labute approximate surface area is 178 Å². The number of halogens is 4. The Morgan fingerprint density at radius 3 is 2.31 bits per heavy atom. The van der Waals surface area contributed by atoms with Crippen LogP contribution in [0.15, 0.2) is 48.5 Å². The third-order valence-electron chi connectivity index (χ3n) is 3.64. The van der Waals surface area contributed by atoms with Crippen molar-refractivity contribution < 1.29 is 4.79 Å². The molecule has 0 fully saturated rings. The van der Waals surface area contributed by atoms with Crippen LogP contribution in [-0.2, 0) is 0 Å². The summed E-state index contributed by atoms with van der Waals surface area (Å²) >= 11 is 0. The second kappa shape index (κ2) is 12.2. The maximum atomic E-state index is 12.4. The molecule has 0 radical (unpaired) electrons. The Bertz CT molecular complexity index is 843. The molecule has 0 aliphatic rings. The van der Waals surface area contributed by atoms with Gasteiger partial charge in [-0.3, -0.25) is 4.79 Å². The van der Waals surface area contributed by atoms with Crippen LogP contribution in [0.5, 0.6) is 0 Å². The number of nitrogens with one attached hydrogen (secondary N) is 1. The lowest BCUT2D eigenvalue weighted by Crippen LogP contribution is -2.31. The van der Waals surface area contributed by atoms with Crippen LogP contribution in [-0.4, -0.2) is 43.0 Å². The fourth-order valence-corrected chi connectivity index (χ4v) is 2.47. The Balaban J connectivity index is 0. The third kappa shape index (κ3) is 6.15. The van der Waals surface area contributed by atoms with Crippen LogP contribution in [0.2, 0.25) is 0 Å². The van der Waals surface area contributed by atoms with Crippen LogP contribution >= 0.6 is 49.6 Å². The molecule has 3 aromatic rings. The zero-order valence-electron chi connectivity index (χ0n) is 14.5. The molecule has 0 bridgehead atoms. The fourth-order valence-electron chi connectivity index (χ4n) is 2.47. The predicted octanol–water partition coefficient (Wildman–Crippen LogP) is 4.37. The van der Waals surface area contributed by atoms with Gasteiger partial charge in [0.2, 0.25) is 0 Å². The molecule has 144 valence electrons. The molecule has 1 N–H and O–H groups in total. The van der Waals surface area contributed by atoms with Gasteiger partial charge in [-0.1, -0.05) is 30.3 Å². The van der Waals surface area contributed by atoms with Gasteiger partial charge in [-0.15, -0.1) is 49.6 Å². The first-order chi connectivity index (χ1) is 10.6. The highest BCUT2D eigenvalue weighted by Gasteiger charge is 2.11. The average Bonchev–Trinajstić information content (AvgIpc) is 2.51. The minimum absolute atomic E-state index is 0. The van der Waals surface area contributed by atoms with Crippen molar-refractivity contribution in [3.63, 3.8) is 0 Å². The van der Waals surface area contributed by atoms with E-state index < -0.39 is 0 Å². The number of amides is 1. The minimum atomic E-state index is -0.0739. The van der Waals surface area contributed by atoms with Crippen molar-refractivity contribution in [1.29, 1.82) is 0 Å². The molecule has 0 unspecified atom stereocenters. The molecule has 4 nitrogen and oxygen atoms in total. The maximum absolute atomic E-state index is 12.4. The van der Waals surface area contributed by atoms with Gasteiger partial charge in [0.25, 0.3) is 5.91 Å². The van der Waals surface area contributed by atoms with Crippen molar-refractivity contribution in [2.75, 3.05) is 27.2 Å². The quantitative estimate of drug-likeness (QED) is 0.615. The lowest BCUT2D eigenvalue weighted by Gasteiger charge is -2.11. The van der Waals surface area contributed by atoms with E-state index in [4.69, 9.17) is 0 Å². The minimum Gasteiger partial charge on any atom is -0.351 e. The van der Waals surface area contributed by atoms with Gasteiger partial charge in [-0.05, 0) is 32.3 Å². The molecular formula is C18H23Cl4N3O. The van der Waals surface area contributed by atoms with Gasteiger partial charge in [0, 0.05) is 23.9 Å². The van der Waals surface area contributed by atoms with E-state index in [1.807, 2.05) is 61.5 Å². The fraction of sp³-hybridized carbons (Fsp3) is 0.222. The van der Waals surface area contributed by atoms with Gasteiger partial charge < -0.3 is 10.2 Å². The van der Waals surface area contributed by atoms with Crippen molar-refractivity contribution in [3.8, 4) is 0 Å². The van der Waals surface area contributed by atoms with E-state index in [0.29, 0.717) is 12.1 Å². The van der Waals surface area contributed by atoms with E-state index in [0.717, 1.165) is 28.4 Å². The van der Waals surface area contributed by atoms with E-state index >= 15 is 0 Å². The molecule has 26 heavy (non-hydrogen) atoms. The summed E-state index contributed by atoms with van der Waals surface area (Å²) in [4.78, 5) is 19.1. The van der Waals surface area contributed by atoms with E-state index in [1.165, 1.54) is 0 Å². The molecule has 1 amide bonds. The molecule has 0 saturated carbocycles. The van der Waals surface area contributed by atoms with Gasteiger partial charge in [0.15, 0.2) is 0 Å². The summed E-state index contributed by atoms with van der Waals surface area (Å²) in [6, 6.07) is 15.8. The monoisotopic (exact) mass is 437 g/mol. The highest BCUT2D eigenvalue weighted by Crippen LogP contribution is 2.22. The van der Waals surface area contributed by atoms with Crippen molar-refractivity contribution in [1.82, 2.24) is 15.2 Å². The molecule has 0 aliphatic heterocycles. The number of hydrogen-bond acceptors (Lipinski definition) is 3. The highest BCUT2D eigenvalue weighted by molar-refractivity contribution is 6.07. The summed E-state index contributed by atoms with van der Waals surface area (Å²) < 4.78 is 0. The number of hydrogen-bond donors (Lipinski definition) is 1. The molecule has 1 aromatic heterocycles. The number of carbonyl (C=O) groups is 1. The number of carbonyl (C=O) groups excluding carboxylic acids is 1. The van der Waals surface area contributed by atoms with Crippen LogP contribution in [0.25, 0.3) is 21.8 Å². The summed E-state index contributed by atoms with van der Waals surface area (Å²) in [5.74, 6) is -0.0739. The molecule has 8 heteroatoms. The molecule has 2 aromatic carbocycles. The van der Waals surface area contributed by atoms with Crippen molar-refractivity contribution in [2.45, 2.75) is 0 Å². The van der Waals surface area contributed by atoms with Crippen LogP contribution in [0.4, 0.5) is 0 Å². The first-order valence-corrected chi connectivity index (χ1v) is 7.36. The number of aromatic nitrogens is 1. The van der Waals surface area contributed by atoms with Crippen LogP contribution in [0, 0.1) is 0 Å². The number of nitrogens with zero attached hydrogens (tertiary/aromatic N) is 2. The summed E-state index contributed by atoms with van der Waals surface area (Å²) in [6.45, 7) is 1.43. The van der Waals surface area contributed by atoms with E-state index in [1.54, 1.807) is 0 Å². The van der Waals surface area contributed by atoms with Gasteiger partial charge >= 0.3 is 0 Å². The Morgan fingerprint density at radius 2 is 1.62 bits per heavy atom. The largest absolute Gasteiger partial charge is 0.351 e. The smallest absolute Gasteiger partial charge is 0.253 e. The highest BCUT2D eigenvalue weighted by atomic mass is 35.5. The van der Waals surface area contributed by atoms with Crippen LogP contribution in [0.1, 0.15) is 10.4 Å². The number of likely N-dealkylation sites (N-methyl/N-ethyl adjacent to an activating group) is 1. The lowest BCUT2D eigenvalue weighted by molar-refractivity contribution is 0.0952. The molecule has 0 aliphatic carbocycles. The molecule has 1 heterocycles. The zero-order valence-corrected chi connectivity index (χ0v) is 17.7. The topological polar surface area (TPSA) is 45.2 Å². The molecule has 3 rings (SSSR count). The van der Waals surface area contributed by atoms with E-state index in [2.05, 4.69) is 16.4 Å². The molecule has 0 spiro atoms. The summed E-state index contributed by atoms with van der Waals surface area (Å²) in [7, 11) is 3.97. The van der Waals surface area contributed by atoms with Crippen molar-refractivity contribution in [2.24, 2.45) is 0 Å². The number of rotatable bonds is 4. The van der Waals surface area contributed by atoms with Crippen LogP contribution in [0.3, 0.4) is 0 Å². The average molecular weight is 439 g/mol. The van der Waals surface area contributed by atoms with Crippen LogP contribution < -0.4 is 5.32 Å². The Kier molecular flexibility index (Phi) is 12.6. The first kappa shape index (κ1) is 26.9. The zero-order chi connectivity index (χ0) is 15.5.